The summed E-state index contributed by atoms with van der Waals surface area (Å²) in [6.07, 6.45) is 2.64. The van der Waals surface area contributed by atoms with Crippen LogP contribution >= 0.6 is 0 Å². The quantitative estimate of drug-likeness (QED) is 0.872. The van der Waals surface area contributed by atoms with E-state index in [0.29, 0.717) is 24.3 Å². The summed E-state index contributed by atoms with van der Waals surface area (Å²) in [5.41, 5.74) is 0.207. The van der Waals surface area contributed by atoms with Crippen molar-refractivity contribution in [1.29, 1.82) is 0 Å². The van der Waals surface area contributed by atoms with E-state index >= 15 is 0 Å². The zero-order valence-corrected chi connectivity index (χ0v) is 12.8. The summed E-state index contributed by atoms with van der Waals surface area (Å²) >= 11 is 0. The number of aliphatic carboxylic acids is 1. The van der Waals surface area contributed by atoms with Gasteiger partial charge >= 0.3 is 5.97 Å². The zero-order valence-electron chi connectivity index (χ0n) is 12.8. The molecule has 2 unspecified atom stereocenters. The molecule has 2 atom stereocenters. The van der Waals surface area contributed by atoms with Crippen molar-refractivity contribution in [2.75, 3.05) is 14.2 Å². The van der Waals surface area contributed by atoms with Crippen LogP contribution in [0.4, 0.5) is 0 Å². The van der Waals surface area contributed by atoms with Crippen LogP contribution in [0.3, 0.4) is 0 Å². The summed E-state index contributed by atoms with van der Waals surface area (Å²) in [5, 5.41) is 12.4. The Balaban J connectivity index is 2.14. The molecule has 1 fully saturated rings. The first-order valence-corrected chi connectivity index (χ1v) is 7.24. The lowest BCUT2D eigenvalue weighted by Gasteiger charge is -2.37. The first-order chi connectivity index (χ1) is 10.0. The van der Waals surface area contributed by atoms with Gasteiger partial charge in [0.15, 0.2) is 11.5 Å². The highest BCUT2D eigenvalue weighted by Crippen LogP contribution is 2.35. The number of likely N-dealkylation sites (N-methyl/N-ethyl adjacent to an activating group) is 1. The lowest BCUT2D eigenvalue weighted by molar-refractivity contribution is -0.147. The van der Waals surface area contributed by atoms with Gasteiger partial charge in [0.2, 0.25) is 0 Å². The monoisotopic (exact) mass is 293 g/mol. The van der Waals surface area contributed by atoms with Crippen molar-refractivity contribution in [3.8, 4) is 11.5 Å². The number of carbonyl (C=O) groups is 1. The van der Waals surface area contributed by atoms with E-state index in [-0.39, 0.29) is 6.10 Å². The number of hydrogen-bond donors (Lipinski definition) is 2. The van der Waals surface area contributed by atoms with E-state index in [9.17, 15) is 9.90 Å². The van der Waals surface area contributed by atoms with E-state index in [1.54, 1.807) is 14.2 Å². The van der Waals surface area contributed by atoms with E-state index in [2.05, 4.69) is 5.32 Å². The van der Waals surface area contributed by atoms with Crippen LogP contribution in [0.25, 0.3) is 0 Å². The molecule has 0 heterocycles. The number of aryl methyl sites for hydroxylation is 1. The summed E-state index contributed by atoms with van der Waals surface area (Å²) in [7, 11) is 3.31. The summed E-state index contributed by atoms with van der Waals surface area (Å²) in [5.74, 6) is 0.547. The van der Waals surface area contributed by atoms with Crippen molar-refractivity contribution in [2.45, 2.75) is 44.2 Å². The molecule has 0 amide bonds. The van der Waals surface area contributed by atoms with Gasteiger partial charge in [0.05, 0.1) is 7.11 Å². The number of methoxy groups -OCH3 is 1. The SMILES string of the molecule is CNC1(C(=O)O)CCCC(Oc2ccc(C)cc2OC)C1. The maximum atomic E-state index is 11.5. The number of rotatable bonds is 5. The fraction of sp³-hybridized carbons (Fsp3) is 0.562. The fourth-order valence-corrected chi connectivity index (χ4v) is 2.90. The van der Waals surface area contributed by atoms with Gasteiger partial charge in [-0.05, 0) is 50.9 Å². The molecular formula is C16H23NO4. The van der Waals surface area contributed by atoms with Crippen LogP contribution in [0.5, 0.6) is 11.5 Å². The molecule has 1 saturated carbocycles. The van der Waals surface area contributed by atoms with Crippen LogP contribution in [0, 0.1) is 6.92 Å². The molecule has 0 spiro atoms. The summed E-state index contributed by atoms with van der Waals surface area (Å²) in [6, 6.07) is 5.76. The van der Waals surface area contributed by atoms with Gasteiger partial charge in [0, 0.05) is 6.42 Å². The molecule has 1 aromatic rings. The number of carboxylic acid groups (broad SMARTS) is 1. The molecule has 1 aliphatic carbocycles. The van der Waals surface area contributed by atoms with Crippen LogP contribution in [0.2, 0.25) is 0 Å². The van der Waals surface area contributed by atoms with Gasteiger partial charge < -0.3 is 19.9 Å². The predicted octanol–water partition coefficient (Wildman–Crippen LogP) is 2.37. The minimum Gasteiger partial charge on any atom is -0.493 e. The van der Waals surface area contributed by atoms with Gasteiger partial charge in [-0.3, -0.25) is 4.79 Å². The Kier molecular flexibility index (Phi) is 4.73. The largest absolute Gasteiger partial charge is 0.493 e. The second-order valence-electron chi connectivity index (χ2n) is 5.63. The highest BCUT2D eigenvalue weighted by Gasteiger charge is 2.42. The smallest absolute Gasteiger partial charge is 0.324 e. The van der Waals surface area contributed by atoms with E-state index in [4.69, 9.17) is 9.47 Å². The minimum atomic E-state index is -0.888. The number of hydrogen-bond acceptors (Lipinski definition) is 4. The zero-order chi connectivity index (χ0) is 15.5. The Hall–Kier alpha value is -1.75. The Bertz CT molecular complexity index is 517. The van der Waals surface area contributed by atoms with E-state index in [1.165, 1.54) is 0 Å². The lowest BCUT2D eigenvalue weighted by atomic mass is 9.80. The summed E-state index contributed by atoms with van der Waals surface area (Å²) in [6.45, 7) is 1.99. The van der Waals surface area contributed by atoms with Crippen molar-refractivity contribution in [1.82, 2.24) is 5.32 Å². The van der Waals surface area contributed by atoms with Crippen LogP contribution < -0.4 is 14.8 Å². The molecule has 0 aromatic heterocycles. The van der Waals surface area contributed by atoms with Crippen LogP contribution in [0.15, 0.2) is 18.2 Å². The Morgan fingerprint density at radius 3 is 2.81 bits per heavy atom. The molecular weight excluding hydrogens is 270 g/mol. The summed E-state index contributed by atoms with van der Waals surface area (Å²) in [4.78, 5) is 11.5. The third kappa shape index (κ3) is 3.29. The van der Waals surface area contributed by atoms with Crippen molar-refractivity contribution in [3.05, 3.63) is 23.8 Å². The number of nitrogens with one attached hydrogen (secondary N) is 1. The number of carboxylic acids is 1. The minimum absolute atomic E-state index is 0.126. The van der Waals surface area contributed by atoms with Gasteiger partial charge in [-0.25, -0.2) is 0 Å². The third-order valence-electron chi connectivity index (χ3n) is 4.21. The normalized spacial score (nSPS) is 25.4. The second kappa shape index (κ2) is 6.35. The van der Waals surface area contributed by atoms with Crippen molar-refractivity contribution < 1.29 is 19.4 Å². The average Bonchev–Trinajstić information content (AvgIpc) is 2.49. The van der Waals surface area contributed by atoms with Crippen molar-refractivity contribution in [3.63, 3.8) is 0 Å². The predicted molar refractivity (Wildman–Crippen MR) is 80.0 cm³/mol. The van der Waals surface area contributed by atoms with Gasteiger partial charge in [-0.15, -0.1) is 0 Å². The van der Waals surface area contributed by atoms with E-state index in [0.717, 1.165) is 18.4 Å². The van der Waals surface area contributed by atoms with Gasteiger partial charge in [0.1, 0.15) is 11.6 Å². The third-order valence-corrected chi connectivity index (χ3v) is 4.21. The van der Waals surface area contributed by atoms with Gasteiger partial charge in [-0.1, -0.05) is 6.07 Å². The highest BCUT2D eigenvalue weighted by molar-refractivity contribution is 5.79. The van der Waals surface area contributed by atoms with Gasteiger partial charge in [-0.2, -0.15) is 0 Å². The standard InChI is InChI=1S/C16H23NO4/c1-11-6-7-13(14(9-11)20-3)21-12-5-4-8-16(10-12,17-2)15(18)19/h6-7,9,12,17H,4-5,8,10H2,1-3H3,(H,18,19). The van der Waals surface area contributed by atoms with Crippen LogP contribution in [-0.2, 0) is 4.79 Å². The van der Waals surface area contributed by atoms with Crippen LogP contribution in [0.1, 0.15) is 31.2 Å². The molecule has 0 radical (unpaired) electrons. The lowest BCUT2D eigenvalue weighted by Crippen LogP contribution is -2.55. The molecule has 5 nitrogen and oxygen atoms in total. The Labute approximate surface area is 125 Å². The van der Waals surface area contributed by atoms with E-state index in [1.807, 2.05) is 25.1 Å². The molecule has 21 heavy (non-hydrogen) atoms. The van der Waals surface area contributed by atoms with Crippen molar-refractivity contribution >= 4 is 5.97 Å². The first kappa shape index (κ1) is 15.6. The van der Waals surface area contributed by atoms with Crippen LogP contribution in [-0.4, -0.2) is 36.9 Å². The number of benzene rings is 1. The molecule has 5 heteroatoms. The second-order valence-corrected chi connectivity index (χ2v) is 5.63. The molecule has 0 bridgehead atoms. The van der Waals surface area contributed by atoms with E-state index < -0.39 is 11.5 Å². The topological polar surface area (TPSA) is 67.8 Å². The average molecular weight is 293 g/mol. The molecule has 1 aliphatic rings. The Morgan fingerprint density at radius 1 is 1.43 bits per heavy atom. The first-order valence-electron chi connectivity index (χ1n) is 7.24. The highest BCUT2D eigenvalue weighted by atomic mass is 16.5. The maximum absolute atomic E-state index is 11.5. The molecule has 0 saturated heterocycles. The molecule has 116 valence electrons. The molecule has 2 N–H and O–H groups in total. The van der Waals surface area contributed by atoms with Gasteiger partial charge in [0.25, 0.3) is 0 Å². The fourth-order valence-electron chi connectivity index (χ4n) is 2.90. The number of ether oxygens (including phenoxy) is 2. The molecule has 1 aromatic carbocycles. The maximum Gasteiger partial charge on any atom is 0.324 e. The molecule has 2 rings (SSSR count). The molecule has 0 aliphatic heterocycles. The van der Waals surface area contributed by atoms with Crippen molar-refractivity contribution in [2.24, 2.45) is 0 Å². The summed E-state index contributed by atoms with van der Waals surface area (Å²) < 4.78 is 11.3. The Morgan fingerprint density at radius 2 is 2.19 bits per heavy atom.